The van der Waals surface area contributed by atoms with Gasteiger partial charge in [0.1, 0.15) is 0 Å². The Balaban J connectivity index is 1.55. The van der Waals surface area contributed by atoms with Gasteiger partial charge in [0.05, 0.1) is 16.4 Å². The van der Waals surface area contributed by atoms with Gasteiger partial charge < -0.3 is 0 Å². The monoisotopic (exact) mass is 438 g/mol. The summed E-state index contributed by atoms with van der Waals surface area (Å²) in [6.45, 7) is 0. The zero-order valence-corrected chi connectivity index (χ0v) is 17.8. The molecule has 0 saturated heterocycles. The predicted octanol–water partition coefficient (Wildman–Crippen LogP) is 7.05. The van der Waals surface area contributed by atoms with E-state index in [1.165, 1.54) is 11.3 Å². The SMILES string of the molecule is O=c1c2cc(-c3cccc(-c4cccc(Cl)c4)c3)ccc2sc2nc3ccccc3n12. The van der Waals surface area contributed by atoms with Crippen LogP contribution in [0.1, 0.15) is 0 Å². The third-order valence-corrected chi connectivity index (χ3v) is 6.77. The first kappa shape index (κ1) is 18.3. The van der Waals surface area contributed by atoms with Crippen LogP contribution in [0.15, 0.2) is 95.8 Å². The summed E-state index contributed by atoms with van der Waals surface area (Å²) < 4.78 is 2.65. The first-order valence-electron chi connectivity index (χ1n) is 9.88. The summed E-state index contributed by atoms with van der Waals surface area (Å²) in [5.41, 5.74) is 5.85. The highest BCUT2D eigenvalue weighted by molar-refractivity contribution is 7.23. The first-order valence-corrected chi connectivity index (χ1v) is 11.1. The van der Waals surface area contributed by atoms with Crippen LogP contribution >= 0.6 is 22.9 Å². The lowest BCUT2D eigenvalue weighted by molar-refractivity contribution is 1.20. The highest BCUT2D eigenvalue weighted by atomic mass is 35.5. The van der Waals surface area contributed by atoms with Gasteiger partial charge in [0.2, 0.25) is 0 Å². The van der Waals surface area contributed by atoms with E-state index in [1.807, 2.05) is 66.7 Å². The molecule has 6 rings (SSSR count). The van der Waals surface area contributed by atoms with Gasteiger partial charge in [-0.1, -0.05) is 71.5 Å². The van der Waals surface area contributed by atoms with Crippen molar-refractivity contribution in [3.8, 4) is 22.3 Å². The fourth-order valence-corrected chi connectivity index (χ4v) is 5.20. The second kappa shape index (κ2) is 7.05. The second-order valence-electron chi connectivity index (χ2n) is 7.43. The number of halogens is 1. The van der Waals surface area contributed by atoms with Crippen LogP contribution in [-0.2, 0) is 0 Å². The van der Waals surface area contributed by atoms with Crippen LogP contribution < -0.4 is 5.56 Å². The Morgan fingerprint density at radius 3 is 2.26 bits per heavy atom. The lowest BCUT2D eigenvalue weighted by atomic mass is 9.98. The van der Waals surface area contributed by atoms with Gasteiger partial charge >= 0.3 is 0 Å². The van der Waals surface area contributed by atoms with Gasteiger partial charge in [-0.15, -0.1) is 0 Å². The van der Waals surface area contributed by atoms with E-state index in [-0.39, 0.29) is 5.56 Å². The van der Waals surface area contributed by atoms with E-state index in [2.05, 4.69) is 29.2 Å². The summed E-state index contributed by atoms with van der Waals surface area (Å²) >= 11 is 7.71. The third kappa shape index (κ3) is 3.03. The minimum atomic E-state index is -0.0368. The maximum Gasteiger partial charge on any atom is 0.266 e. The van der Waals surface area contributed by atoms with Crippen molar-refractivity contribution in [2.45, 2.75) is 0 Å². The molecule has 0 bridgehead atoms. The molecule has 6 aromatic rings. The number of para-hydroxylation sites is 2. The van der Waals surface area contributed by atoms with E-state index in [9.17, 15) is 4.79 Å². The molecule has 4 aromatic carbocycles. The van der Waals surface area contributed by atoms with E-state index in [1.54, 1.807) is 4.40 Å². The van der Waals surface area contributed by atoms with Crippen molar-refractivity contribution >= 4 is 49.0 Å². The van der Waals surface area contributed by atoms with Crippen LogP contribution in [0, 0.1) is 0 Å². The fourth-order valence-electron chi connectivity index (χ4n) is 4.00. The van der Waals surface area contributed by atoms with E-state index >= 15 is 0 Å². The van der Waals surface area contributed by atoms with Crippen LogP contribution in [-0.4, -0.2) is 9.38 Å². The molecule has 2 heterocycles. The Morgan fingerprint density at radius 1 is 0.742 bits per heavy atom. The Kier molecular flexibility index (Phi) is 4.16. The molecule has 0 aliphatic heterocycles. The van der Waals surface area contributed by atoms with Crippen molar-refractivity contribution in [1.29, 1.82) is 0 Å². The van der Waals surface area contributed by atoms with Crippen LogP contribution in [0.4, 0.5) is 0 Å². The average molecular weight is 439 g/mol. The van der Waals surface area contributed by atoms with Crippen LogP contribution in [0.25, 0.3) is 48.3 Å². The van der Waals surface area contributed by atoms with E-state index in [0.29, 0.717) is 10.4 Å². The molecular weight excluding hydrogens is 424 g/mol. The maximum absolute atomic E-state index is 13.4. The minimum Gasteiger partial charge on any atom is -0.268 e. The number of rotatable bonds is 2. The van der Waals surface area contributed by atoms with Gasteiger partial charge in [-0.05, 0) is 64.7 Å². The minimum absolute atomic E-state index is 0.0368. The molecule has 5 heteroatoms. The molecule has 0 aliphatic rings. The quantitative estimate of drug-likeness (QED) is 0.290. The van der Waals surface area contributed by atoms with Crippen molar-refractivity contribution in [2.75, 3.05) is 0 Å². The molecule has 0 unspecified atom stereocenters. The predicted molar refractivity (Wildman–Crippen MR) is 130 cm³/mol. The Bertz CT molecular complexity index is 1680. The number of benzene rings is 4. The number of fused-ring (bicyclic) bond motifs is 4. The van der Waals surface area contributed by atoms with Crippen LogP contribution in [0.5, 0.6) is 0 Å². The molecule has 0 amide bonds. The van der Waals surface area contributed by atoms with Crippen LogP contribution in [0.3, 0.4) is 0 Å². The Labute approximate surface area is 186 Å². The van der Waals surface area contributed by atoms with Gasteiger partial charge in [-0.3, -0.25) is 4.79 Å². The molecule has 0 aliphatic carbocycles. The van der Waals surface area contributed by atoms with Crippen molar-refractivity contribution in [3.05, 3.63) is 106 Å². The molecule has 0 atom stereocenters. The largest absolute Gasteiger partial charge is 0.268 e. The smallest absolute Gasteiger partial charge is 0.266 e. The maximum atomic E-state index is 13.4. The third-order valence-electron chi connectivity index (χ3n) is 5.50. The summed E-state index contributed by atoms with van der Waals surface area (Å²) in [4.78, 5) is 18.7. The van der Waals surface area contributed by atoms with Gasteiger partial charge in [0.25, 0.3) is 5.56 Å². The number of nitrogens with zero attached hydrogens (tertiary/aromatic N) is 2. The number of hydrogen-bond donors (Lipinski definition) is 0. The van der Waals surface area contributed by atoms with Gasteiger partial charge in [-0.25, -0.2) is 9.38 Å². The van der Waals surface area contributed by atoms with E-state index < -0.39 is 0 Å². The van der Waals surface area contributed by atoms with Crippen LogP contribution in [0.2, 0.25) is 5.02 Å². The molecule has 0 saturated carbocycles. The molecular formula is C26H15ClN2OS. The molecule has 0 spiro atoms. The van der Waals surface area contributed by atoms with Gasteiger partial charge in [0, 0.05) is 9.72 Å². The summed E-state index contributed by atoms with van der Waals surface area (Å²) in [7, 11) is 0. The zero-order chi connectivity index (χ0) is 20.9. The summed E-state index contributed by atoms with van der Waals surface area (Å²) in [5, 5.41) is 1.41. The summed E-state index contributed by atoms with van der Waals surface area (Å²) in [5.74, 6) is 0. The molecule has 3 nitrogen and oxygen atoms in total. The lowest BCUT2D eigenvalue weighted by Gasteiger charge is -2.08. The highest BCUT2D eigenvalue weighted by Gasteiger charge is 2.12. The first-order chi connectivity index (χ1) is 15.2. The van der Waals surface area contributed by atoms with Crippen molar-refractivity contribution in [3.63, 3.8) is 0 Å². The molecule has 0 N–H and O–H groups in total. The van der Waals surface area contributed by atoms with Crippen molar-refractivity contribution in [2.24, 2.45) is 0 Å². The normalized spacial score (nSPS) is 11.5. The number of hydrogen-bond acceptors (Lipinski definition) is 3. The standard InChI is InChI=1S/C26H15ClN2OS/c27-20-8-4-7-18(14-20)16-5-3-6-17(13-16)19-11-12-24-21(15-19)25(30)29-23-10-2-1-9-22(23)28-26(29)31-24/h1-15H. The Morgan fingerprint density at radius 2 is 1.45 bits per heavy atom. The van der Waals surface area contributed by atoms with E-state index in [0.717, 1.165) is 42.9 Å². The van der Waals surface area contributed by atoms with Gasteiger partial charge in [0.15, 0.2) is 4.96 Å². The highest BCUT2D eigenvalue weighted by Crippen LogP contribution is 2.31. The van der Waals surface area contributed by atoms with Gasteiger partial charge in [-0.2, -0.15) is 0 Å². The lowest BCUT2D eigenvalue weighted by Crippen LogP contribution is -2.11. The average Bonchev–Trinajstić information content (AvgIpc) is 3.18. The van der Waals surface area contributed by atoms with Crippen molar-refractivity contribution < 1.29 is 0 Å². The molecule has 0 fully saturated rings. The zero-order valence-electron chi connectivity index (χ0n) is 16.2. The van der Waals surface area contributed by atoms with E-state index in [4.69, 9.17) is 11.6 Å². The molecule has 0 radical (unpaired) electrons. The fraction of sp³-hybridized carbons (Fsp3) is 0. The molecule has 148 valence electrons. The number of aromatic nitrogens is 2. The van der Waals surface area contributed by atoms with Crippen molar-refractivity contribution in [1.82, 2.24) is 9.38 Å². The summed E-state index contributed by atoms with van der Waals surface area (Å²) in [6.07, 6.45) is 0. The second-order valence-corrected chi connectivity index (χ2v) is 8.87. The molecule has 2 aromatic heterocycles. The topological polar surface area (TPSA) is 34.4 Å². The number of imidazole rings is 1. The Hall–Kier alpha value is -3.47. The molecule has 31 heavy (non-hydrogen) atoms. The summed E-state index contributed by atoms with van der Waals surface area (Å²) in [6, 6.07) is 29.9.